The van der Waals surface area contributed by atoms with Gasteiger partial charge in [-0.3, -0.25) is 9.78 Å². The van der Waals surface area contributed by atoms with Gasteiger partial charge in [0, 0.05) is 11.9 Å². The van der Waals surface area contributed by atoms with Gasteiger partial charge in [0.15, 0.2) is 0 Å². The fourth-order valence-corrected chi connectivity index (χ4v) is 2.39. The highest BCUT2D eigenvalue weighted by molar-refractivity contribution is 5.97. The van der Waals surface area contributed by atoms with Crippen LogP contribution in [0.3, 0.4) is 0 Å². The fraction of sp³-hybridized carbons (Fsp3) is 0.375. The highest BCUT2D eigenvalue weighted by Crippen LogP contribution is 2.17. The lowest BCUT2D eigenvalue weighted by atomic mass is 10.1. The topological polar surface area (TPSA) is 87.5 Å². The summed E-state index contributed by atoms with van der Waals surface area (Å²) in [6.07, 6.45) is 0.474. The highest BCUT2D eigenvalue weighted by atomic mass is 16.5. The maximum atomic E-state index is 12.6. The lowest BCUT2D eigenvalue weighted by molar-refractivity contribution is 0.0524. The van der Waals surface area contributed by atoms with Crippen LogP contribution in [0.1, 0.15) is 35.6 Å². The van der Waals surface area contributed by atoms with Crippen LogP contribution in [0.4, 0.5) is 4.79 Å². The summed E-state index contributed by atoms with van der Waals surface area (Å²) in [6.45, 7) is 7.03. The standard InChI is InChI=1S/C16H18N2O5/c1-5-22-15(20)12-8-18(16(21)23-6-2)13-10(4)17-9(3)7-11(13)14(12)19/h7-8H,5-6H2,1-4H3. The molecule has 0 saturated carbocycles. The molecule has 0 fully saturated rings. The predicted octanol–water partition coefficient (Wildman–Crippen LogP) is 2.19. The summed E-state index contributed by atoms with van der Waals surface area (Å²) in [5, 5.41) is 0.230. The molecule has 122 valence electrons. The normalized spacial score (nSPS) is 10.6. The molecule has 0 aromatic carbocycles. The molecular weight excluding hydrogens is 300 g/mol. The first-order valence-corrected chi connectivity index (χ1v) is 7.28. The van der Waals surface area contributed by atoms with Gasteiger partial charge in [-0.2, -0.15) is 0 Å². The van der Waals surface area contributed by atoms with Crippen molar-refractivity contribution < 1.29 is 19.1 Å². The van der Waals surface area contributed by atoms with E-state index in [-0.39, 0.29) is 24.2 Å². The number of aromatic nitrogens is 2. The molecule has 0 unspecified atom stereocenters. The lowest BCUT2D eigenvalue weighted by Crippen LogP contribution is -2.25. The van der Waals surface area contributed by atoms with Gasteiger partial charge in [-0.05, 0) is 33.8 Å². The summed E-state index contributed by atoms with van der Waals surface area (Å²) < 4.78 is 11.0. The maximum Gasteiger partial charge on any atom is 0.418 e. The van der Waals surface area contributed by atoms with Gasteiger partial charge in [0.2, 0.25) is 5.43 Å². The predicted molar refractivity (Wildman–Crippen MR) is 83.9 cm³/mol. The van der Waals surface area contributed by atoms with Crippen molar-refractivity contribution in [3.63, 3.8) is 0 Å². The Hall–Kier alpha value is -2.70. The van der Waals surface area contributed by atoms with Gasteiger partial charge < -0.3 is 9.47 Å². The first kappa shape index (κ1) is 16.7. The minimum absolute atomic E-state index is 0.129. The molecule has 23 heavy (non-hydrogen) atoms. The number of rotatable bonds is 3. The van der Waals surface area contributed by atoms with Crippen LogP contribution >= 0.6 is 0 Å². The van der Waals surface area contributed by atoms with Crippen LogP contribution in [0, 0.1) is 13.8 Å². The Morgan fingerprint density at radius 2 is 1.83 bits per heavy atom. The molecule has 2 aromatic rings. The lowest BCUT2D eigenvalue weighted by Gasteiger charge is -2.13. The molecule has 0 amide bonds. The smallest absolute Gasteiger partial charge is 0.418 e. The van der Waals surface area contributed by atoms with Crippen molar-refractivity contribution in [3.8, 4) is 0 Å². The summed E-state index contributed by atoms with van der Waals surface area (Å²) in [7, 11) is 0. The highest BCUT2D eigenvalue weighted by Gasteiger charge is 2.21. The molecule has 7 nitrogen and oxygen atoms in total. The molecule has 0 radical (unpaired) electrons. The molecule has 2 aromatic heterocycles. The van der Waals surface area contributed by atoms with Gasteiger partial charge in [-0.25, -0.2) is 14.2 Å². The van der Waals surface area contributed by atoms with Gasteiger partial charge in [0.1, 0.15) is 5.56 Å². The molecule has 0 aliphatic carbocycles. The third-order valence-corrected chi connectivity index (χ3v) is 3.24. The van der Waals surface area contributed by atoms with Gasteiger partial charge in [-0.15, -0.1) is 0 Å². The zero-order valence-electron chi connectivity index (χ0n) is 13.5. The molecular formula is C16H18N2O5. The van der Waals surface area contributed by atoms with Gasteiger partial charge in [0.25, 0.3) is 0 Å². The number of aryl methyl sites for hydroxylation is 2. The Bertz CT molecular complexity index is 838. The first-order valence-electron chi connectivity index (χ1n) is 7.28. The van der Waals surface area contributed by atoms with Crippen LogP contribution < -0.4 is 5.43 Å². The van der Waals surface area contributed by atoms with E-state index in [1.54, 1.807) is 33.8 Å². The number of hydrogen-bond acceptors (Lipinski definition) is 6. The molecule has 0 saturated heterocycles. The second-order valence-corrected chi connectivity index (χ2v) is 4.91. The fourth-order valence-electron chi connectivity index (χ4n) is 2.39. The molecule has 7 heteroatoms. The van der Waals surface area contributed by atoms with Crippen molar-refractivity contribution in [3.05, 3.63) is 39.4 Å². The average Bonchev–Trinajstić information content (AvgIpc) is 2.48. The van der Waals surface area contributed by atoms with Gasteiger partial charge in [0.05, 0.1) is 29.8 Å². The Morgan fingerprint density at radius 1 is 1.17 bits per heavy atom. The molecule has 0 atom stereocenters. The van der Waals surface area contributed by atoms with Crippen molar-refractivity contribution in [2.45, 2.75) is 27.7 Å². The summed E-state index contributed by atoms with van der Waals surface area (Å²) >= 11 is 0. The first-order chi connectivity index (χ1) is 10.9. The van der Waals surface area contributed by atoms with Gasteiger partial charge >= 0.3 is 12.1 Å². The van der Waals surface area contributed by atoms with E-state index in [4.69, 9.17) is 9.47 Å². The summed E-state index contributed by atoms with van der Waals surface area (Å²) in [4.78, 5) is 41.1. The Labute approximate surface area is 132 Å². The van der Waals surface area contributed by atoms with Crippen LogP contribution in [0.2, 0.25) is 0 Å². The van der Waals surface area contributed by atoms with Crippen LogP contribution in [0.25, 0.3) is 10.9 Å². The Morgan fingerprint density at radius 3 is 2.43 bits per heavy atom. The number of ether oxygens (including phenoxy) is 2. The second-order valence-electron chi connectivity index (χ2n) is 4.91. The number of carbonyl (C=O) groups excluding carboxylic acids is 2. The van der Waals surface area contributed by atoms with E-state index in [9.17, 15) is 14.4 Å². The number of hydrogen-bond donors (Lipinski definition) is 0. The minimum Gasteiger partial charge on any atom is -0.462 e. The quantitative estimate of drug-likeness (QED) is 0.806. The average molecular weight is 318 g/mol. The summed E-state index contributed by atoms with van der Waals surface area (Å²) in [5.74, 6) is -0.774. The molecule has 0 aliphatic heterocycles. The number of nitrogens with zero attached hydrogens (tertiary/aromatic N) is 2. The van der Waals surface area contributed by atoms with E-state index in [1.807, 2.05) is 0 Å². The van der Waals surface area contributed by atoms with E-state index in [0.29, 0.717) is 16.9 Å². The third-order valence-electron chi connectivity index (χ3n) is 3.24. The Kier molecular flexibility index (Phi) is 4.78. The van der Waals surface area contributed by atoms with Crippen molar-refractivity contribution in [1.29, 1.82) is 0 Å². The molecule has 2 rings (SSSR count). The largest absolute Gasteiger partial charge is 0.462 e. The number of carbonyl (C=O) groups is 2. The molecule has 2 heterocycles. The van der Waals surface area contributed by atoms with Crippen molar-refractivity contribution in [2.75, 3.05) is 13.2 Å². The van der Waals surface area contributed by atoms with Crippen molar-refractivity contribution in [1.82, 2.24) is 9.55 Å². The summed E-state index contributed by atoms with van der Waals surface area (Å²) in [5.41, 5.74) is 0.737. The van der Waals surface area contributed by atoms with E-state index in [0.717, 1.165) is 10.8 Å². The second kappa shape index (κ2) is 6.60. The van der Waals surface area contributed by atoms with Crippen LogP contribution in [-0.2, 0) is 9.47 Å². The number of pyridine rings is 2. The zero-order valence-corrected chi connectivity index (χ0v) is 13.5. The van der Waals surface area contributed by atoms with Crippen molar-refractivity contribution in [2.24, 2.45) is 0 Å². The monoisotopic (exact) mass is 318 g/mol. The maximum absolute atomic E-state index is 12.6. The van der Waals surface area contributed by atoms with Crippen LogP contribution in [0.5, 0.6) is 0 Å². The molecule has 0 bridgehead atoms. The molecule has 0 spiro atoms. The van der Waals surface area contributed by atoms with E-state index >= 15 is 0 Å². The number of esters is 1. The summed E-state index contributed by atoms with van der Waals surface area (Å²) in [6, 6.07) is 1.54. The Balaban J connectivity index is 2.86. The van der Waals surface area contributed by atoms with Crippen molar-refractivity contribution >= 4 is 23.0 Å². The van der Waals surface area contributed by atoms with Gasteiger partial charge in [-0.1, -0.05) is 0 Å². The SMILES string of the molecule is CCOC(=O)c1cn(C(=O)OCC)c2c(C)nc(C)cc2c1=O. The molecule has 0 N–H and O–H groups in total. The minimum atomic E-state index is -0.774. The third kappa shape index (κ3) is 3.08. The van der Waals surface area contributed by atoms with Crippen LogP contribution in [0.15, 0.2) is 17.1 Å². The zero-order chi connectivity index (χ0) is 17.1. The van der Waals surface area contributed by atoms with Crippen LogP contribution in [-0.4, -0.2) is 34.8 Å². The van der Waals surface area contributed by atoms with E-state index in [1.165, 1.54) is 0 Å². The molecule has 0 aliphatic rings. The van der Waals surface area contributed by atoms with E-state index in [2.05, 4.69) is 4.98 Å². The number of fused-ring (bicyclic) bond motifs is 1. The van der Waals surface area contributed by atoms with E-state index < -0.39 is 17.5 Å².